The average Bonchev–Trinajstić information content (AvgIpc) is 2.89. The van der Waals surface area contributed by atoms with Crippen LogP contribution in [0.15, 0.2) is 70.4 Å². The lowest BCUT2D eigenvalue weighted by atomic mass is 10.2. The number of aromatic amines is 1. The first-order valence-electron chi connectivity index (χ1n) is 6.63. The van der Waals surface area contributed by atoms with Crippen LogP contribution in [-0.4, -0.2) is 24.5 Å². The van der Waals surface area contributed by atoms with Crippen LogP contribution >= 0.6 is 0 Å². The molecule has 0 unspecified atom stereocenters. The molecule has 1 aromatic heterocycles. The first-order valence-corrected chi connectivity index (χ1v) is 8.52. The zero-order valence-corrected chi connectivity index (χ0v) is 12.7. The third kappa shape index (κ3) is 2.73. The second kappa shape index (κ2) is 5.31. The van der Waals surface area contributed by atoms with Gasteiger partial charge in [-0.25, -0.2) is 13.1 Å². The fraction of sp³-hybridized carbons (Fsp3) is 0.0625. The maximum absolute atomic E-state index is 12.1. The quantitative estimate of drug-likeness (QED) is 0.806. The molecule has 0 fully saturated rings. The minimum atomic E-state index is -3.22. The molecule has 0 aliphatic heterocycles. The third-order valence-corrected chi connectivity index (χ3v) is 4.46. The molecule has 5 nitrogen and oxygen atoms in total. The number of H-pyrrole nitrogens is 1. The van der Waals surface area contributed by atoms with Gasteiger partial charge in [0.15, 0.2) is 9.84 Å². The second-order valence-electron chi connectivity index (χ2n) is 4.98. The Morgan fingerprint density at radius 3 is 2.18 bits per heavy atom. The highest BCUT2D eigenvalue weighted by atomic mass is 32.2. The van der Waals surface area contributed by atoms with Crippen LogP contribution in [0.2, 0.25) is 0 Å². The van der Waals surface area contributed by atoms with Crippen LogP contribution in [0.3, 0.4) is 0 Å². The van der Waals surface area contributed by atoms with E-state index in [0.29, 0.717) is 5.69 Å². The number of nitrogens with zero attached hydrogens (tertiary/aromatic N) is 1. The summed E-state index contributed by atoms with van der Waals surface area (Å²) in [7, 11) is -3.22. The van der Waals surface area contributed by atoms with Gasteiger partial charge in [0.2, 0.25) is 0 Å². The molecular formula is C16H14N2O3S. The van der Waals surface area contributed by atoms with Gasteiger partial charge in [0.1, 0.15) is 0 Å². The normalized spacial score (nSPS) is 11.5. The van der Waals surface area contributed by atoms with Crippen molar-refractivity contribution in [2.45, 2.75) is 4.90 Å². The molecular weight excluding hydrogens is 300 g/mol. The molecule has 112 valence electrons. The molecule has 3 rings (SSSR count). The van der Waals surface area contributed by atoms with Gasteiger partial charge in [-0.05, 0) is 29.8 Å². The van der Waals surface area contributed by atoms with Crippen molar-refractivity contribution in [2.24, 2.45) is 0 Å². The van der Waals surface area contributed by atoms with Crippen molar-refractivity contribution in [1.29, 1.82) is 0 Å². The van der Waals surface area contributed by atoms with E-state index in [-0.39, 0.29) is 10.5 Å². The van der Waals surface area contributed by atoms with Gasteiger partial charge in [0.05, 0.1) is 16.3 Å². The van der Waals surface area contributed by atoms with Gasteiger partial charge in [-0.3, -0.25) is 9.89 Å². The zero-order valence-electron chi connectivity index (χ0n) is 11.9. The highest BCUT2D eigenvalue weighted by molar-refractivity contribution is 7.90. The molecule has 2 aromatic carbocycles. The number of rotatable bonds is 3. The van der Waals surface area contributed by atoms with E-state index in [0.717, 1.165) is 17.5 Å². The summed E-state index contributed by atoms with van der Waals surface area (Å²) in [6.07, 6.45) is 1.16. The molecule has 0 saturated carbocycles. The number of sulfone groups is 1. The van der Waals surface area contributed by atoms with E-state index in [4.69, 9.17) is 0 Å². The molecule has 1 heterocycles. The molecule has 0 bridgehead atoms. The maximum atomic E-state index is 12.1. The van der Waals surface area contributed by atoms with Gasteiger partial charge < -0.3 is 0 Å². The lowest BCUT2D eigenvalue weighted by molar-refractivity contribution is 0.602. The van der Waals surface area contributed by atoms with Crippen molar-refractivity contribution in [3.05, 3.63) is 71.0 Å². The average molecular weight is 314 g/mol. The van der Waals surface area contributed by atoms with E-state index in [1.54, 1.807) is 12.1 Å². The van der Waals surface area contributed by atoms with Gasteiger partial charge in [-0.1, -0.05) is 30.3 Å². The summed E-state index contributed by atoms with van der Waals surface area (Å²) >= 11 is 0. The molecule has 6 heteroatoms. The summed E-state index contributed by atoms with van der Waals surface area (Å²) in [5.41, 5.74) is 1.95. The first kappa shape index (κ1) is 14.3. The van der Waals surface area contributed by atoms with Crippen molar-refractivity contribution in [2.75, 3.05) is 6.26 Å². The smallest absolute Gasteiger partial charge is 0.271 e. The van der Waals surface area contributed by atoms with Crippen molar-refractivity contribution in [3.8, 4) is 16.9 Å². The van der Waals surface area contributed by atoms with Crippen molar-refractivity contribution >= 4 is 9.84 Å². The van der Waals surface area contributed by atoms with Crippen LogP contribution in [0, 0.1) is 0 Å². The highest BCUT2D eigenvalue weighted by Crippen LogP contribution is 2.19. The fourth-order valence-corrected chi connectivity index (χ4v) is 2.82. The van der Waals surface area contributed by atoms with E-state index in [9.17, 15) is 13.2 Å². The number of hydrogen-bond donors (Lipinski definition) is 1. The Labute approximate surface area is 127 Å². The molecule has 0 atom stereocenters. The minimum absolute atomic E-state index is 0.173. The molecule has 1 N–H and O–H groups in total. The van der Waals surface area contributed by atoms with Crippen LogP contribution in [0.5, 0.6) is 0 Å². The Kier molecular flexibility index (Phi) is 3.46. The fourth-order valence-electron chi connectivity index (χ4n) is 2.19. The summed E-state index contributed by atoms with van der Waals surface area (Å²) < 4.78 is 24.4. The van der Waals surface area contributed by atoms with Gasteiger partial charge in [-0.15, -0.1) is 0 Å². The zero-order chi connectivity index (χ0) is 15.7. The van der Waals surface area contributed by atoms with E-state index >= 15 is 0 Å². The van der Waals surface area contributed by atoms with Gasteiger partial charge in [0.25, 0.3) is 5.56 Å². The van der Waals surface area contributed by atoms with E-state index in [1.165, 1.54) is 22.9 Å². The van der Waals surface area contributed by atoms with E-state index < -0.39 is 9.84 Å². The molecule has 0 saturated heterocycles. The van der Waals surface area contributed by atoms with Gasteiger partial charge >= 0.3 is 0 Å². The number of hydrogen-bond acceptors (Lipinski definition) is 3. The Morgan fingerprint density at radius 1 is 0.955 bits per heavy atom. The lowest BCUT2D eigenvalue weighted by Crippen LogP contribution is -2.12. The van der Waals surface area contributed by atoms with Crippen LogP contribution in [-0.2, 0) is 9.84 Å². The highest BCUT2D eigenvalue weighted by Gasteiger charge is 2.09. The predicted octanol–water partition coefficient (Wildman–Crippen LogP) is 2.24. The SMILES string of the molecule is CS(=O)(=O)c1ccc(-c2cc(=O)n(-c3ccccc3)[nH]2)cc1. The van der Waals surface area contributed by atoms with Gasteiger partial charge in [0, 0.05) is 12.3 Å². The Morgan fingerprint density at radius 2 is 1.59 bits per heavy atom. The van der Waals surface area contributed by atoms with Crippen LogP contribution in [0.25, 0.3) is 16.9 Å². The van der Waals surface area contributed by atoms with Crippen LogP contribution in [0.4, 0.5) is 0 Å². The summed E-state index contributed by atoms with van der Waals surface area (Å²) in [5.74, 6) is 0. The molecule has 0 spiro atoms. The van der Waals surface area contributed by atoms with Crippen molar-refractivity contribution in [1.82, 2.24) is 9.78 Å². The number of aromatic nitrogens is 2. The molecule has 0 radical (unpaired) electrons. The predicted molar refractivity (Wildman–Crippen MR) is 84.9 cm³/mol. The van der Waals surface area contributed by atoms with Crippen LogP contribution in [0.1, 0.15) is 0 Å². The summed E-state index contributed by atoms with van der Waals surface area (Å²) in [5, 5.41) is 3.03. The summed E-state index contributed by atoms with van der Waals surface area (Å²) in [4.78, 5) is 12.3. The topological polar surface area (TPSA) is 71.9 Å². The van der Waals surface area contributed by atoms with Gasteiger partial charge in [-0.2, -0.15) is 0 Å². The standard InChI is InChI=1S/C16H14N2O3S/c1-22(20,21)14-9-7-12(8-10-14)15-11-16(19)18(17-15)13-5-3-2-4-6-13/h2-11,17H,1H3. The summed E-state index contributed by atoms with van der Waals surface area (Å²) in [6, 6.07) is 17.1. The lowest BCUT2D eigenvalue weighted by Gasteiger charge is -2.03. The summed E-state index contributed by atoms with van der Waals surface area (Å²) in [6.45, 7) is 0. The number of para-hydroxylation sites is 1. The molecule has 3 aromatic rings. The Balaban J connectivity index is 2.02. The van der Waals surface area contributed by atoms with Crippen LogP contribution < -0.4 is 5.56 Å². The third-order valence-electron chi connectivity index (χ3n) is 3.33. The molecule has 0 aliphatic rings. The largest absolute Gasteiger partial charge is 0.290 e. The molecule has 0 amide bonds. The first-order chi connectivity index (χ1) is 10.4. The van der Waals surface area contributed by atoms with E-state index in [2.05, 4.69) is 5.10 Å². The second-order valence-corrected chi connectivity index (χ2v) is 6.99. The number of benzene rings is 2. The maximum Gasteiger partial charge on any atom is 0.271 e. The monoisotopic (exact) mass is 314 g/mol. The number of nitrogens with one attached hydrogen (secondary N) is 1. The van der Waals surface area contributed by atoms with Crippen molar-refractivity contribution < 1.29 is 8.42 Å². The Hall–Kier alpha value is -2.60. The Bertz CT molecular complexity index is 953. The molecule has 22 heavy (non-hydrogen) atoms. The van der Waals surface area contributed by atoms with Crippen molar-refractivity contribution in [3.63, 3.8) is 0 Å². The van der Waals surface area contributed by atoms with E-state index in [1.807, 2.05) is 30.3 Å². The molecule has 0 aliphatic carbocycles. The minimum Gasteiger partial charge on any atom is -0.290 e.